The summed E-state index contributed by atoms with van der Waals surface area (Å²) in [7, 11) is 0. The highest BCUT2D eigenvalue weighted by Gasteiger charge is 2.21. The quantitative estimate of drug-likeness (QED) is 0.400. The molecule has 1 amide bonds. The minimum absolute atomic E-state index is 0.0150. The van der Waals surface area contributed by atoms with Crippen molar-refractivity contribution in [3.05, 3.63) is 103 Å². The van der Waals surface area contributed by atoms with Gasteiger partial charge in [-0.15, -0.1) is 0 Å². The molecule has 8 nitrogen and oxygen atoms in total. The van der Waals surface area contributed by atoms with E-state index in [1.807, 2.05) is 4.57 Å². The molecule has 5 rings (SSSR count). The molecule has 0 fully saturated rings. The van der Waals surface area contributed by atoms with Crippen molar-refractivity contribution in [3.63, 3.8) is 0 Å². The number of carbonyl (C=O) groups is 1. The molecule has 0 aliphatic rings. The zero-order chi connectivity index (χ0) is 23.5. The number of furan rings is 1. The van der Waals surface area contributed by atoms with E-state index in [2.05, 4.69) is 25.3 Å². The number of nitrogens with one attached hydrogen (secondary N) is 1. The fourth-order valence-electron chi connectivity index (χ4n) is 3.41. The van der Waals surface area contributed by atoms with Gasteiger partial charge in [0.2, 0.25) is 0 Å². The van der Waals surface area contributed by atoms with E-state index in [9.17, 15) is 13.6 Å². The van der Waals surface area contributed by atoms with E-state index >= 15 is 0 Å². The van der Waals surface area contributed by atoms with E-state index < -0.39 is 11.7 Å². The summed E-state index contributed by atoms with van der Waals surface area (Å²) in [5.74, 6) is -1.32. The number of aromatic nitrogens is 5. The Kier molecular flexibility index (Phi) is 5.61. The van der Waals surface area contributed by atoms with Crippen LogP contribution in [0.4, 0.5) is 14.5 Å². The lowest BCUT2D eigenvalue weighted by Gasteiger charge is -2.08. The number of halogens is 2. The average molecular weight is 458 g/mol. The molecule has 1 aromatic carbocycles. The highest BCUT2D eigenvalue weighted by atomic mass is 19.1. The largest absolute Gasteiger partial charge is 0.449 e. The second-order valence-electron chi connectivity index (χ2n) is 7.25. The van der Waals surface area contributed by atoms with Gasteiger partial charge in [0.1, 0.15) is 17.8 Å². The van der Waals surface area contributed by atoms with Crippen LogP contribution in [0, 0.1) is 11.6 Å². The fraction of sp³-hybridized carbons (Fsp3) is 0.0417. The second-order valence-corrected chi connectivity index (χ2v) is 7.25. The van der Waals surface area contributed by atoms with E-state index in [4.69, 9.17) is 4.42 Å². The molecular formula is C24H16F2N6O2. The third-order valence-electron chi connectivity index (χ3n) is 5.01. The van der Waals surface area contributed by atoms with Gasteiger partial charge in [-0.05, 0) is 48.5 Å². The van der Waals surface area contributed by atoms with Crippen LogP contribution >= 0.6 is 0 Å². The highest BCUT2D eigenvalue weighted by molar-refractivity contribution is 6.02. The van der Waals surface area contributed by atoms with Crippen molar-refractivity contribution in [1.82, 2.24) is 24.5 Å². The lowest BCUT2D eigenvalue weighted by molar-refractivity contribution is 0.0997. The Morgan fingerprint density at radius 2 is 1.79 bits per heavy atom. The van der Waals surface area contributed by atoms with Crippen LogP contribution < -0.4 is 5.32 Å². The van der Waals surface area contributed by atoms with Crippen LogP contribution in [0.15, 0.2) is 84.2 Å². The number of hydrogen-bond acceptors (Lipinski definition) is 6. The maximum atomic E-state index is 13.9. The second kappa shape index (κ2) is 9.02. The summed E-state index contributed by atoms with van der Waals surface area (Å²) < 4.78 is 35.0. The predicted molar refractivity (Wildman–Crippen MR) is 119 cm³/mol. The number of pyridine rings is 1. The topological polar surface area (TPSA) is 98.7 Å². The first-order valence-corrected chi connectivity index (χ1v) is 10.2. The van der Waals surface area contributed by atoms with E-state index in [0.717, 1.165) is 11.9 Å². The Balaban J connectivity index is 1.52. The van der Waals surface area contributed by atoms with E-state index in [0.29, 0.717) is 29.3 Å². The molecule has 0 saturated heterocycles. The summed E-state index contributed by atoms with van der Waals surface area (Å²) in [4.78, 5) is 29.0. The summed E-state index contributed by atoms with van der Waals surface area (Å²) in [5.41, 5.74) is 2.49. The zero-order valence-corrected chi connectivity index (χ0v) is 17.5. The first kappa shape index (κ1) is 21.1. The van der Waals surface area contributed by atoms with Gasteiger partial charge in [-0.1, -0.05) is 0 Å². The standard InChI is InChI=1S/C24H16F2N6O2/c25-16-3-1-15(2-4-16)22-23(32(14-30-22)12-17-7-9-28-13-29-17)20-5-6-21(34-20)24(33)31-19-8-10-27-11-18(19)26/h1-11,13-14H,12H2,(H,27,31,33). The number of rotatable bonds is 6. The predicted octanol–water partition coefficient (Wildman–Crippen LogP) is 4.57. The van der Waals surface area contributed by atoms with Crippen LogP contribution in [0.2, 0.25) is 0 Å². The van der Waals surface area contributed by atoms with Crippen LogP contribution in [0.5, 0.6) is 0 Å². The van der Waals surface area contributed by atoms with Gasteiger partial charge in [0.15, 0.2) is 17.3 Å². The first-order chi connectivity index (χ1) is 16.6. The van der Waals surface area contributed by atoms with Gasteiger partial charge in [-0.25, -0.2) is 23.7 Å². The van der Waals surface area contributed by atoms with Crippen molar-refractivity contribution < 1.29 is 18.0 Å². The number of carbonyl (C=O) groups excluding carboxylic acids is 1. The van der Waals surface area contributed by atoms with Crippen LogP contribution in [0.1, 0.15) is 16.2 Å². The number of hydrogen-bond donors (Lipinski definition) is 1. The monoisotopic (exact) mass is 458 g/mol. The molecule has 1 N–H and O–H groups in total. The fourth-order valence-corrected chi connectivity index (χ4v) is 3.41. The molecule has 0 saturated carbocycles. The number of amides is 1. The van der Waals surface area contributed by atoms with Crippen LogP contribution in [-0.2, 0) is 6.54 Å². The summed E-state index contributed by atoms with van der Waals surface area (Å²) >= 11 is 0. The molecule has 0 atom stereocenters. The van der Waals surface area contributed by atoms with Gasteiger partial charge >= 0.3 is 0 Å². The van der Waals surface area contributed by atoms with Crippen molar-refractivity contribution in [1.29, 1.82) is 0 Å². The Labute approximate surface area is 192 Å². The smallest absolute Gasteiger partial charge is 0.291 e. The lowest BCUT2D eigenvalue weighted by atomic mass is 10.1. The molecule has 168 valence electrons. The number of nitrogens with zero attached hydrogens (tertiary/aromatic N) is 5. The van der Waals surface area contributed by atoms with Gasteiger partial charge in [-0.2, -0.15) is 0 Å². The molecule has 0 unspecified atom stereocenters. The Hall–Kier alpha value is -4.73. The Bertz CT molecular complexity index is 1450. The third kappa shape index (κ3) is 4.29. The van der Waals surface area contributed by atoms with E-state index in [1.54, 1.807) is 36.8 Å². The molecule has 0 spiro atoms. The average Bonchev–Trinajstić information content (AvgIpc) is 3.49. The number of imidazole rings is 1. The Morgan fingerprint density at radius 1 is 0.971 bits per heavy atom. The third-order valence-corrected chi connectivity index (χ3v) is 5.01. The maximum absolute atomic E-state index is 13.9. The van der Waals surface area contributed by atoms with Gasteiger partial charge in [0.05, 0.1) is 36.1 Å². The normalized spacial score (nSPS) is 10.9. The summed E-state index contributed by atoms with van der Waals surface area (Å²) in [5, 5.41) is 2.46. The summed E-state index contributed by atoms with van der Waals surface area (Å²) in [6, 6.07) is 12.1. The molecular weight excluding hydrogens is 442 g/mol. The SMILES string of the molecule is O=C(Nc1ccncc1F)c1ccc(-c2c(-c3ccc(F)cc3)ncn2Cc2ccncn2)o1. The minimum Gasteiger partial charge on any atom is -0.449 e. The number of anilines is 1. The molecule has 0 radical (unpaired) electrons. The Morgan fingerprint density at radius 3 is 2.56 bits per heavy atom. The molecule has 0 aliphatic carbocycles. The minimum atomic E-state index is -0.663. The van der Waals surface area contributed by atoms with Crippen LogP contribution in [-0.4, -0.2) is 30.4 Å². The zero-order valence-electron chi connectivity index (χ0n) is 17.5. The molecule has 0 aliphatic heterocycles. The van der Waals surface area contributed by atoms with Crippen molar-refractivity contribution in [2.75, 3.05) is 5.32 Å². The van der Waals surface area contributed by atoms with Crippen LogP contribution in [0.3, 0.4) is 0 Å². The molecule has 34 heavy (non-hydrogen) atoms. The first-order valence-electron chi connectivity index (χ1n) is 10.2. The lowest BCUT2D eigenvalue weighted by Crippen LogP contribution is -2.12. The van der Waals surface area contributed by atoms with E-state index in [1.165, 1.54) is 36.8 Å². The molecule has 4 heterocycles. The molecule has 10 heteroatoms. The van der Waals surface area contributed by atoms with Gasteiger partial charge in [-0.3, -0.25) is 9.78 Å². The van der Waals surface area contributed by atoms with Crippen molar-refractivity contribution in [3.8, 4) is 22.7 Å². The van der Waals surface area contributed by atoms with E-state index in [-0.39, 0.29) is 17.3 Å². The summed E-state index contributed by atoms with van der Waals surface area (Å²) in [6.07, 6.45) is 7.06. The van der Waals surface area contributed by atoms with Gasteiger partial charge < -0.3 is 14.3 Å². The highest BCUT2D eigenvalue weighted by Crippen LogP contribution is 2.33. The van der Waals surface area contributed by atoms with Crippen molar-refractivity contribution >= 4 is 11.6 Å². The molecule has 5 aromatic rings. The molecule has 4 aromatic heterocycles. The summed E-state index contributed by atoms with van der Waals surface area (Å²) in [6.45, 7) is 0.358. The molecule has 0 bridgehead atoms. The van der Waals surface area contributed by atoms with Crippen molar-refractivity contribution in [2.45, 2.75) is 6.54 Å². The maximum Gasteiger partial charge on any atom is 0.291 e. The van der Waals surface area contributed by atoms with Gasteiger partial charge in [0.25, 0.3) is 5.91 Å². The van der Waals surface area contributed by atoms with Crippen LogP contribution in [0.25, 0.3) is 22.7 Å². The number of benzene rings is 1. The van der Waals surface area contributed by atoms with Crippen molar-refractivity contribution in [2.24, 2.45) is 0 Å². The van der Waals surface area contributed by atoms with Gasteiger partial charge in [0, 0.05) is 18.0 Å².